The van der Waals surface area contributed by atoms with Crippen LogP contribution in [-0.2, 0) is 4.74 Å². The standard InChI is InChI=1S/C14H18BrN3O/c1-17(2)11-4-3-7-18-12(11)13(15)16-14(18)10-5-8-19-9-6-10/h3-4,7,10H,5-6,8-9H2,1-2H3. The van der Waals surface area contributed by atoms with Crippen molar-refractivity contribution in [2.24, 2.45) is 0 Å². The normalized spacial score (nSPS) is 17.0. The summed E-state index contributed by atoms with van der Waals surface area (Å²) in [7, 11) is 4.12. The third-order valence-corrected chi connectivity index (χ3v) is 4.25. The van der Waals surface area contributed by atoms with E-state index in [0.29, 0.717) is 5.92 Å². The van der Waals surface area contributed by atoms with E-state index in [4.69, 9.17) is 9.72 Å². The molecule has 2 aromatic heterocycles. The minimum absolute atomic E-state index is 0.491. The Morgan fingerprint density at radius 2 is 2.11 bits per heavy atom. The minimum Gasteiger partial charge on any atom is -0.381 e. The molecule has 3 rings (SSSR count). The number of nitrogens with zero attached hydrogens (tertiary/aromatic N) is 3. The lowest BCUT2D eigenvalue weighted by Gasteiger charge is -2.21. The zero-order chi connectivity index (χ0) is 13.4. The molecule has 0 radical (unpaired) electrons. The highest BCUT2D eigenvalue weighted by Crippen LogP contribution is 2.33. The lowest BCUT2D eigenvalue weighted by Crippen LogP contribution is -2.16. The fourth-order valence-electron chi connectivity index (χ4n) is 2.71. The van der Waals surface area contributed by atoms with Crippen molar-refractivity contribution in [3.05, 3.63) is 28.8 Å². The Morgan fingerprint density at radius 1 is 1.37 bits per heavy atom. The number of hydrogen-bond donors (Lipinski definition) is 0. The molecule has 0 saturated carbocycles. The molecular formula is C14H18BrN3O. The number of rotatable bonds is 2. The van der Waals surface area contributed by atoms with Crippen LogP contribution in [0.25, 0.3) is 5.52 Å². The van der Waals surface area contributed by atoms with Gasteiger partial charge in [-0.15, -0.1) is 0 Å². The number of pyridine rings is 1. The van der Waals surface area contributed by atoms with E-state index < -0.39 is 0 Å². The Hall–Kier alpha value is -1.07. The van der Waals surface area contributed by atoms with E-state index in [1.54, 1.807) is 0 Å². The van der Waals surface area contributed by atoms with Crippen molar-refractivity contribution in [2.45, 2.75) is 18.8 Å². The minimum atomic E-state index is 0.491. The van der Waals surface area contributed by atoms with Crippen LogP contribution in [0, 0.1) is 0 Å². The Bertz CT molecular complexity index is 588. The zero-order valence-electron chi connectivity index (χ0n) is 11.3. The first-order chi connectivity index (χ1) is 9.18. The molecule has 0 aromatic carbocycles. The SMILES string of the molecule is CN(C)c1cccn2c(C3CCOCC3)nc(Br)c12. The average molecular weight is 324 g/mol. The maximum absolute atomic E-state index is 5.45. The molecule has 102 valence electrons. The highest BCUT2D eigenvalue weighted by molar-refractivity contribution is 9.10. The van der Waals surface area contributed by atoms with Crippen molar-refractivity contribution in [1.29, 1.82) is 0 Å². The molecule has 0 atom stereocenters. The van der Waals surface area contributed by atoms with Gasteiger partial charge < -0.3 is 14.0 Å². The molecule has 0 spiro atoms. The third kappa shape index (κ3) is 2.25. The van der Waals surface area contributed by atoms with Crippen molar-refractivity contribution >= 4 is 27.1 Å². The average Bonchev–Trinajstić information content (AvgIpc) is 2.77. The Morgan fingerprint density at radius 3 is 2.79 bits per heavy atom. The summed E-state index contributed by atoms with van der Waals surface area (Å²) in [4.78, 5) is 6.87. The van der Waals surface area contributed by atoms with Gasteiger partial charge in [0, 0.05) is 39.4 Å². The summed E-state index contributed by atoms with van der Waals surface area (Å²) in [5, 5.41) is 0. The van der Waals surface area contributed by atoms with Crippen LogP contribution in [0.15, 0.2) is 22.9 Å². The number of imidazole rings is 1. The Balaban J connectivity index is 2.14. The molecule has 1 aliphatic heterocycles. The van der Waals surface area contributed by atoms with Crippen molar-refractivity contribution in [3.63, 3.8) is 0 Å². The number of anilines is 1. The van der Waals surface area contributed by atoms with Gasteiger partial charge in [0.2, 0.25) is 0 Å². The van der Waals surface area contributed by atoms with Gasteiger partial charge in [-0.05, 0) is 40.9 Å². The van der Waals surface area contributed by atoms with Crippen LogP contribution in [0.1, 0.15) is 24.6 Å². The highest BCUT2D eigenvalue weighted by atomic mass is 79.9. The number of fused-ring (bicyclic) bond motifs is 1. The van der Waals surface area contributed by atoms with Gasteiger partial charge in [-0.3, -0.25) is 0 Å². The van der Waals surface area contributed by atoms with Crippen LogP contribution in [0.3, 0.4) is 0 Å². The molecule has 1 fully saturated rings. The topological polar surface area (TPSA) is 29.8 Å². The van der Waals surface area contributed by atoms with Gasteiger partial charge in [-0.1, -0.05) is 0 Å². The lowest BCUT2D eigenvalue weighted by atomic mass is 9.99. The van der Waals surface area contributed by atoms with Crippen LogP contribution in [0.4, 0.5) is 5.69 Å². The molecular weight excluding hydrogens is 306 g/mol. The Kier molecular flexibility index (Phi) is 3.50. The van der Waals surface area contributed by atoms with E-state index in [0.717, 1.165) is 42.0 Å². The molecule has 1 saturated heterocycles. The summed E-state index contributed by atoms with van der Waals surface area (Å²) >= 11 is 3.61. The molecule has 3 heterocycles. The van der Waals surface area contributed by atoms with Crippen molar-refractivity contribution in [1.82, 2.24) is 9.38 Å². The predicted molar refractivity (Wildman–Crippen MR) is 80.0 cm³/mol. The van der Waals surface area contributed by atoms with Crippen LogP contribution >= 0.6 is 15.9 Å². The largest absolute Gasteiger partial charge is 0.381 e. The zero-order valence-corrected chi connectivity index (χ0v) is 12.9. The van der Waals surface area contributed by atoms with Crippen LogP contribution in [-0.4, -0.2) is 36.7 Å². The second-order valence-electron chi connectivity index (χ2n) is 5.15. The van der Waals surface area contributed by atoms with Crippen LogP contribution in [0.5, 0.6) is 0 Å². The lowest BCUT2D eigenvalue weighted by molar-refractivity contribution is 0.0835. The molecule has 19 heavy (non-hydrogen) atoms. The first-order valence-corrected chi connectivity index (χ1v) is 7.39. The van der Waals surface area contributed by atoms with E-state index in [2.05, 4.69) is 57.7 Å². The molecule has 5 heteroatoms. The quantitative estimate of drug-likeness (QED) is 0.850. The summed E-state index contributed by atoms with van der Waals surface area (Å²) in [6.07, 6.45) is 4.21. The summed E-state index contributed by atoms with van der Waals surface area (Å²) in [5.74, 6) is 1.64. The maximum Gasteiger partial charge on any atom is 0.134 e. The number of halogens is 1. The predicted octanol–water partition coefficient (Wildman–Crippen LogP) is 3.06. The van der Waals surface area contributed by atoms with Gasteiger partial charge in [0.05, 0.1) is 5.69 Å². The molecule has 1 aliphatic rings. The second-order valence-corrected chi connectivity index (χ2v) is 5.91. The summed E-state index contributed by atoms with van der Waals surface area (Å²) in [5.41, 5.74) is 2.33. The fraction of sp³-hybridized carbons (Fsp3) is 0.500. The van der Waals surface area contributed by atoms with Crippen molar-refractivity contribution < 1.29 is 4.74 Å². The van der Waals surface area contributed by atoms with Crippen molar-refractivity contribution in [3.8, 4) is 0 Å². The summed E-state index contributed by atoms with van der Waals surface area (Å²) < 4.78 is 8.59. The Labute approximate surface area is 121 Å². The molecule has 0 aliphatic carbocycles. The molecule has 0 amide bonds. The summed E-state index contributed by atoms with van der Waals surface area (Å²) in [6, 6.07) is 4.20. The van der Waals surface area contributed by atoms with E-state index in [1.807, 2.05) is 0 Å². The smallest absolute Gasteiger partial charge is 0.134 e. The van der Waals surface area contributed by atoms with Gasteiger partial charge in [0.15, 0.2) is 0 Å². The first-order valence-electron chi connectivity index (χ1n) is 6.60. The van der Waals surface area contributed by atoms with Gasteiger partial charge >= 0.3 is 0 Å². The number of ether oxygens (including phenoxy) is 1. The van der Waals surface area contributed by atoms with E-state index in [9.17, 15) is 0 Å². The van der Waals surface area contributed by atoms with Gasteiger partial charge in [0.1, 0.15) is 15.9 Å². The first kappa shape index (κ1) is 12.9. The maximum atomic E-state index is 5.45. The third-order valence-electron chi connectivity index (χ3n) is 3.70. The molecule has 4 nitrogen and oxygen atoms in total. The van der Waals surface area contributed by atoms with E-state index in [1.165, 1.54) is 5.69 Å². The van der Waals surface area contributed by atoms with E-state index in [-0.39, 0.29) is 0 Å². The number of hydrogen-bond acceptors (Lipinski definition) is 3. The molecule has 0 bridgehead atoms. The van der Waals surface area contributed by atoms with Gasteiger partial charge in [-0.25, -0.2) is 4.98 Å². The number of aromatic nitrogens is 2. The van der Waals surface area contributed by atoms with Gasteiger partial charge in [0.25, 0.3) is 0 Å². The van der Waals surface area contributed by atoms with E-state index >= 15 is 0 Å². The highest BCUT2D eigenvalue weighted by Gasteiger charge is 2.23. The monoisotopic (exact) mass is 323 g/mol. The molecule has 0 N–H and O–H groups in total. The van der Waals surface area contributed by atoms with Crippen LogP contribution in [0.2, 0.25) is 0 Å². The summed E-state index contributed by atoms with van der Waals surface area (Å²) in [6.45, 7) is 1.68. The molecule has 0 unspecified atom stereocenters. The van der Waals surface area contributed by atoms with Crippen molar-refractivity contribution in [2.75, 3.05) is 32.2 Å². The second kappa shape index (κ2) is 5.13. The van der Waals surface area contributed by atoms with Gasteiger partial charge in [-0.2, -0.15) is 0 Å². The van der Waals surface area contributed by atoms with Crippen LogP contribution < -0.4 is 4.90 Å². The fourth-order valence-corrected chi connectivity index (χ4v) is 3.28. The molecule has 2 aromatic rings.